The lowest BCUT2D eigenvalue weighted by Crippen LogP contribution is -2.30. The van der Waals surface area contributed by atoms with E-state index in [0.29, 0.717) is 0 Å². The van der Waals surface area contributed by atoms with Crippen LogP contribution in [0.4, 0.5) is 0 Å². The molecule has 0 amide bonds. The predicted molar refractivity (Wildman–Crippen MR) is 49.8 cm³/mol. The summed E-state index contributed by atoms with van der Waals surface area (Å²) in [6.45, 7) is 0. The Balaban J connectivity index is 1.96. The van der Waals surface area contributed by atoms with Crippen LogP contribution in [0, 0.1) is 0 Å². The van der Waals surface area contributed by atoms with Crippen LogP contribution in [0.25, 0.3) is 0 Å². The molecule has 52 valence electrons. The smallest absolute Gasteiger partial charge is 0.0232 e. The SMILES string of the molecule is C1SCC2CSCC1S2. The Kier molecular flexibility index (Phi) is 2.23. The van der Waals surface area contributed by atoms with E-state index in [9.17, 15) is 0 Å². The van der Waals surface area contributed by atoms with Crippen LogP contribution in [0.3, 0.4) is 0 Å². The fraction of sp³-hybridized carbons (Fsp3) is 1.00. The number of rotatable bonds is 0. The molecule has 0 nitrogen and oxygen atoms in total. The Morgan fingerprint density at radius 3 is 1.56 bits per heavy atom. The largest absolute Gasteiger partial charge is 0.160 e. The molecule has 9 heavy (non-hydrogen) atoms. The van der Waals surface area contributed by atoms with Gasteiger partial charge in [-0.3, -0.25) is 0 Å². The zero-order chi connectivity index (χ0) is 6.10. The van der Waals surface area contributed by atoms with Crippen molar-refractivity contribution >= 4 is 35.3 Å². The van der Waals surface area contributed by atoms with Crippen molar-refractivity contribution in [3.63, 3.8) is 0 Å². The summed E-state index contributed by atoms with van der Waals surface area (Å²) in [5, 5.41) is 1.99. The molecular weight excluding hydrogens is 168 g/mol. The van der Waals surface area contributed by atoms with Gasteiger partial charge in [-0.05, 0) is 0 Å². The van der Waals surface area contributed by atoms with E-state index in [2.05, 4.69) is 35.3 Å². The van der Waals surface area contributed by atoms with Crippen LogP contribution in [0.15, 0.2) is 0 Å². The van der Waals surface area contributed by atoms with Crippen LogP contribution in [0.2, 0.25) is 0 Å². The minimum atomic E-state index is 0.993. The van der Waals surface area contributed by atoms with Gasteiger partial charge in [-0.2, -0.15) is 35.3 Å². The molecule has 2 rings (SSSR count). The van der Waals surface area contributed by atoms with Crippen molar-refractivity contribution < 1.29 is 0 Å². The maximum atomic E-state index is 2.23. The van der Waals surface area contributed by atoms with E-state index in [-0.39, 0.29) is 0 Å². The van der Waals surface area contributed by atoms with Crippen LogP contribution in [0.5, 0.6) is 0 Å². The van der Waals surface area contributed by atoms with Gasteiger partial charge in [-0.25, -0.2) is 0 Å². The van der Waals surface area contributed by atoms with Crippen LogP contribution < -0.4 is 0 Å². The topological polar surface area (TPSA) is 0 Å². The highest BCUT2D eigenvalue weighted by Gasteiger charge is 2.26. The van der Waals surface area contributed by atoms with Crippen molar-refractivity contribution in [1.29, 1.82) is 0 Å². The minimum absolute atomic E-state index is 0.993. The second-order valence-corrected chi connectivity index (χ2v) is 6.21. The van der Waals surface area contributed by atoms with Gasteiger partial charge in [0.05, 0.1) is 0 Å². The first-order valence-electron chi connectivity index (χ1n) is 3.26. The first kappa shape index (κ1) is 6.74. The standard InChI is InChI=1S/C6H10S3/c1-5-2-8-4-6(9-5)3-7-1/h5-6H,1-4H2. The van der Waals surface area contributed by atoms with Gasteiger partial charge in [0.25, 0.3) is 0 Å². The van der Waals surface area contributed by atoms with E-state index < -0.39 is 0 Å². The summed E-state index contributed by atoms with van der Waals surface area (Å²) >= 11 is 6.54. The first-order valence-corrected chi connectivity index (χ1v) is 6.51. The molecule has 2 aliphatic rings. The number of hydrogen-bond donors (Lipinski definition) is 0. The maximum absolute atomic E-state index is 2.23. The molecule has 2 bridgehead atoms. The van der Waals surface area contributed by atoms with Crippen molar-refractivity contribution in [3.8, 4) is 0 Å². The van der Waals surface area contributed by atoms with E-state index in [0.717, 1.165) is 10.5 Å². The van der Waals surface area contributed by atoms with Gasteiger partial charge in [0.1, 0.15) is 0 Å². The summed E-state index contributed by atoms with van der Waals surface area (Å²) in [4.78, 5) is 0. The fourth-order valence-corrected chi connectivity index (χ4v) is 6.24. The molecule has 0 spiro atoms. The van der Waals surface area contributed by atoms with Gasteiger partial charge in [0.15, 0.2) is 0 Å². The zero-order valence-electron chi connectivity index (χ0n) is 5.21. The third-order valence-electron chi connectivity index (χ3n) is 1.60. The average molecular weight is 178 g/mol. The van der Waals surface area contributed by atoms with Crippen molar-refractivity contribution in [2.45, 2.75) is 10.5 Å². The molecule has 2 aliphatic heterocycles. The van der Waals surface area contributed by atoms with E-state index in [1.807, 2.05) is 0 Å². The maximum Gasteiger partial charge on any atom is 0.0232 e. The molecule has 0 aromatic heterocycles. The Bertz CT molecular complexity index is 84.5. The molecule has 0 aromatic rings. The second-order valence-electron chi connectivity index (χ2n) is 2.46. The number of thioether (sulfide) groups is 3. The van der Waals surface area contributed by atoms with Gasteiger partial charge in [-0.15, -0.1) is 0 Å². The van der Waals surface area contributed by atoms with Gasteiger partial charge < -0.3 is 0 Å². The quantitative estimate of drug-likeness (QED) is 0.556. The normalized spacial score (nSPS) is 42.7. The van der Waals surface area contributed by atoms with Crippen molar-refractivity contribution in [2.75, 3.05) is 23.0 Å². The molecule has 2 fully saturated rings. The lowest BCUT2D eigenvalue weighted by atomic mass is 10.5. The lowest BCUT2D eigenvalue weighted by Gasteiger charge is -2.32. The van der Waals surface area contributed by atoms with Gasteiger partial charge in [0.2, 0.25) is 0 Å². The summed E-state index contributed by atoms with van der Waals surface area (Å²) in [5.41, 5.74) is 0. The van der Waals surface area contributed by atoms with Gasteiger partial charge in [0, 0.05) is 33.5 Å². The number of hydrogen-bond acceptors (Lipinski definition) is 3. The third kappa shape index (κ3) is 1.55. The lowest BCUT2D eigenvalue weighted by molar-refractivity contribution is 1.02. The van der Waals surface area contributed by atoms with Crippen molar-refractivity contribution in [1.82, 2.24) is 0 Å². The average Bonchev–Trinajstić information content (AvgIpc) is 1.88. The van der Waals surface area contributed by atoms with E-state index in [1.54, 1.807) is 0 Å². The summed E-state index contributed by atoms with van der Waals surface area (Å²) in [6, 6.07) is 0. The highest BCUT2D eigenvalue weighted by atomic mass is 32.2. The second kappa shape index (κ2) is 2.97. The van der Waals surface area contributed by atoms with E-state index in [4.69, 9.17) is 0 Å². The summed E-state index contributed by atoms with van der Waals surface area (Å²) in [5.74, 6) is 5.64. The Hall–Kier alpha value is 1.05. The summed E-state index contributed by atoms with van der Waals surface area (Å²) < 4.78 is 0. The monoisotopic (exact) mass is 178 g/mol. The highest BCUT2D eigenvalue weighted by Crippen LogP contribution is 2.38. The van der Waals surface area contributed by atoms with Crippen molar-refractivity contribution in [3.05, 3.63) is 0 Å². The van der Waals surface area contributed by atoms with Gasteiger partial charge >= 0.3 is 0 Å². The predicted octanol–water partition coefficient (Wildman–Crippen LogP) is 1.95. The first-order chi connectivity index (χ1) is 4.45. The molecule has 0 radical (unpaired) electrons. The van der Waals surface area contributed by atoms with Gasteiger partial charge in [-0.1, -0.05) is 0 Å². The molecule has 0 atom stereocenters. The molecular formula is C6H10S3. The highest BCUT2D eigenvalue weighted by molar-refractivity contribution is 8.10. The molecule has 0 aromatic carbocycles. The summed E-state index contributed by atoms with van der Waals surface area (Å²) in [6.07, 6.45) is 0. The van der Waals surface area contributed by atoms with Crippen LogP contribution in [0.1, 0.15) is 0 Å². The van der Waals surface area contributed by atoms with E-state index >= 15 is 0 Å². The minimum Gasteiger partial charge on any atom is -0.160 e. The molecule has 0 aliphatic carbocycles. The molecule has 2 heterocycles. The van der Waals surface area contributed by atoms with Crippen LogP contribution in [-0.4, -0.2) is 33.5 Å². The van der Waals surface area contributed by atoms with Crippen LogP contribution in [-0.2, 0) is 0 Å². The molecule has 0 N–H and O–H groups in total. The fourth-order valence-electron chi connectivity index (χ4n) is 1.19. The summed E-state index contributed by atoms with van der Waals surface area (Å²) in [7, 11) is 0. The molecule has 0 unspecified atom stereocenters. The Morgan fingerprint density at radius 2 is 1.22 bits per heavy atom. The zero-order valence-corrected chi connectivity index (χ0v) is 7.66. The number of fused-ring (bicyclic) bond motifs is 2. The Labute approximate surface area is 68.9 Å². The molecule has 3 heteroatoms. The van der Waals surface area contributed by atoms with E-state index in [1.165, 1.54) is 23.0 Å². The third-order valence-corrected chi connectivity index (χ3v) is 6.43. The van der Waals surface area contributed by atoms with Crippen molar-refractivity contribution in [2.24, 2.45) is 0 Å². The Morgan fingerprint density at radius 1 is 0.778 bits per heavy atom. The molecule has 2 saturated heterocycles. The molecule has 0 saturated carbocycles. The van der Waals surface area contributed by atoms with Crippen LogP contribution >= 0.6 is 35.3 Å².